The van der Waals surface area contributed by atoms with E-state index in [1.54, 1.807) is 0 Å². The lowest BCUT2D eigenvalue weighted by Gasteiger charge is -2.43. The van der Waals surface area contributed by atoms with Crippen molar-refractivity contribution < 1.29 is 0 Å². The number of aromatic nitrogens is 1. The minimum Gasteiger partial charge on any atom is -0.309 e. The van der Waals surface area contributed by atoms with Crippen LogP contribution in [0.15, 0.2) is 18.5 Å². The molecule has 102 valence electrons. The third-order valence-electron chi connectivity index (χ3n) is 4.00. The summed E-state index contributed by atoms with van der Waals surface area (Å²) in [6.45, 7) is 9.76. The molecule has 3 nitrogen and oxygen atoms in total. The summed E-state index contributed by atoms with van der Waals surface area (Å²) >= 11 is 0. The Morgan fingerprint density at radius 2 is 2.00 bits per heavy atom. The van der Waals surface area contributed by atoms with Gasteiger partial charge in [-0.25, -0.2) is 0 Å². The lowest BCUT2D eigenvalue weighted by atomic mass is 9.83. The molecule has 1 aromatic heterocycles. The van der Waals surface area contributed by atoms with Crippen LogP contribution in [-0.2, 0) is 0 Å². The average molecular weight is 249 g/mol. The molecule has 0 aliphatic heterocycles. The van der Waals surface area contributed by atoms with Gasteiger partial charge in [0.15, 0.2) is 0 Å². The van der Waals surface area contributed by atoms with Crippen LogP contribution in [0.1, 0.15) is 44.4 Å². The molecule has 0 radical (unpaired) electrons. The molecule has 0 aliphatic carbocycles. The fourth-order valence-corrected chi connectivity index (χ4v) is 2.42. The minimum absolute atomic E-state index is 0.0888. The zero-order chi connectivity index (χ0) is 13.8. The Labute approximate surface area is 112 Å². The molecule has 1 rings (SSSR count). The summed E-state index contributed by atoms with van der Waals surface area (Å²) in [6, 6.07) is 2.53. The quantitative estimate of drug-likeness (QED) is 0.840. The van der Waals surface area contributed by atoms with E-state index in [4.69, 9.17) is 0 Å². The first kappa shape index (κ1) is 15.1. The first-order valence-corrected chi connectivity index (χ1v) is 6.78. The lowest BCUT2D eigenvalue weighted by molar-refractivity contribution is 0.113. The normalized spacial score (nSPS) is 16.6. The van der Waals surface area contributed by atoms with Crippen molar-refractivity contribution in [3.63, 3.8) is 0 Å². The van der Waals surface area contributed by atoms with Gasteiger partial charge in [0.2, 0.25) is 0 Å². The number of hydrogen-bond acceptors (Lipinski definition) is 3. The molecule has 0 saturated heterocycles. The van der Waals surface area contributed by atoms with Crippen molar-refractivity contribution in [1.82, 2.24) is 15.2 Å². The van der Waals surface area contributed by atoms with Gasteiger partial charge in [0.1, 0.15) is 0 Å². The molecule has 0 aliphatic rings. The van der Waals surface area contributed by atoms with Gasteiger partial charge in [0.05, 0.1) is 6.04 Å². The van der Waals surface area contributed by atoms with Crippen LogP contribution in [0.3, 0.4) is 0 Å². The summed E-state index contributed by atoms with van der Waals surface area (Å²) in [7, 11) is 4.30. The fourth-order valence-electron chi connectivity index (χ4n) is 2.42. The molecule has 1 N–H and O–H groups in total. The highest BCUT2D eigenvalue weighted by Crippen LogP contribution is 2.32. The summed E-state index contributed by atoms with van der Waals surface area (Å²) in [5.74, 6) is 0. The summed E-state index contributed by atoms with van der Waals surface area (Å²) in [6.07, 6.45) is 4.98. The Balaban J connectivity index is 3.16. The van der Waals surface area contributed by atoms with Gasteiger partial charge in [-0.2, -0.15) is 0 Å². The smallest absolute Gasteiger partial charge is 0.0519 e. The molecule has 1 heterocycles. The SMILES string of the molecule is CCNC(c1cncc(C)c1)C(C)(CC)N(C)C. The van der Waals surface area contributed by atoms with Gasteiger partial charge in [-0.3, -0.25) is 4.98 Å². The van der Waals surface area contributed by atoms with Crippen molar-refractivity contribution in [3.05, 3.63) is 29.6 Å². The van der Waals surface area contributed by atoms with E-state index in [0.29, 0.717) is 6.04 Å². The average Bonchev–Trinajstić information content (AvgIpc) is 2.34. The highest BCUT2D eigenvalue weighted by atomic mass is 15.2. The van der Waals surface area contributed by atoms with Gasteiger partial charge in [0.25, 0.3) is 0 Å². The van der Waals surface area contributed by atoms with Crippen LogP contribution in [0.5, 0.6) is 0 Å². The number of aryl methyl sites for hydroxylation is 1. The molecule has 0 amide bonds. The van der Waals surface area contributed by atoms with Crippen LogP contribution in [0.4, 0.5) is 0 Å². The van der Waals surface area contributed by atoms with Gasteiger partial charge in [-0.15, -0.1) is 0 Å². The maximum Gasteiger partial charge on any atom is 0.0519 e. The van der Waals surface area contributed by atoms with E-state index in [9.17, 15) is 0 Å². The third-order valence-corrected chi connectivity index (χ3v) is 4.00. The zero-order valence-electron chi connectivity index (χ0n) is 12.6. The number of hydrogen-bond donors (Lipinski definition) is 1. The largest absolute Gasteiger partial charge is 0.309 e. The second kappa shape index (κ2) is 6.30. The van der Waals surface area contributed by atoms with Crippen LogP contribution >= 0.6 is 0 Å². The van der Waals surface area contributed by atoms with Crippen LogP contribution in [0.2, 0.25) is 0 Å². The van der Waals surface area contributed by atoms with Crippen molar-refractivity contribution >= 4 is 0 Å². The van der Waals surface area contributed by atoms with Crippen LogP contribution < -0.4 is 5.32 Å². The van der Waals surface area contributed by atoms with E-state index in [-0.39, 0.29) is 5.54 Å². The Morgan fingerprint density at radius 1 is 1.33 bits per heavy atom. The molecule has 2 atom stereocenters. The van der Waals surface area contributed by atoms with Crippen molar-refractivity contribution in [2.45, 2.75) is 45.7 Å². The molecule has 0 saturated carbocycles. The molecular formula is C15H27N3. The Kier molecular flexibility index (Phi) is 5.29. The van der Waals surface area contributed by atoms with Gasteiger partial charge >= 0.3 is 0 Å². The van der Waals surface area contributed by atoms with Crippen molar-refractivity contribution in [2.24, 2.45) is 0 Å². The van der Waals surface area contributed by atoms with E-state index in [2.05, 4.69) is 63.1 Å². The maximum atomic E-state index is 4.34. The summed E-state index contributed by atoms with van der Waals surface area (Å²) in [4.78, 5) is 6.64. The third kappa shape index (κ3) is 3.09. The molecule has 1 aromatic rings. The van der Waals surface area contributed by atoms with Crippen LogP contribution in [0.25, 0.3) is 0 Å². The monoisotopic (exact) mass is 249 g/mol. The topological polar surface area (TPSA) is 28.2 Å². The molecule has 2 unspecified atom stereocenters. The van der Waals surface area contributed by atoms with E-state index in [0.717, 1.165) is 13.0 Å². The molecule has 0 bridgehead atoms. The molecule has 0 aromatic carbocycles. The summed E-state index contributed by atoms with van der Waals surface area (Å²) < 4.78 is 0. The first-order valence-electron chi connectivity index (χ1n) is 6.78. The van der Waals surface area contributed by atoms with Crippen LogP contribution in [-0.4, -0.2) is 36.1 Å². The van der Waals surface area contributed by atoms with Gasteiger partial charge in [-0.05, 0) is 52.0 Å². The predicted octanol–water partition coefficient (Wildman–Crippen LogP) is 2.77. The van der Waals surface area contributed by atoms with Crippen molar-refractivity contribution in [3.8, 4) is 0 Å². The number of likely N-dealkylation sites (N-methyl/N-ethyl adjacent to an activating group) is 2. The lowest BCUT2D eigenvalue weighted by Crippen LogP contribution is -2.51. The Hall–Kier alpha value is -0.930. The fraction of sp³-hybridized carbons (Fsp3) is 0.667. The van der Waals surface area contributed by atoms with E-state index >= 15 is 0 Å². The summed E-state index contributed by atoms with van der Waals surface area (Å²) in [5, 5.41) is 3.62. The minimum atomic E-state index is 0.0888. The summed E-state index contributed by atoms with van der Waals surface area (Å²) in [5.41, 5.74) is 2.58. The number of pyridine rings is 1. The number of nitrogens with one attached hydrogen (secondary N) is 1. The molecule has 3 heteroatoms. The first-order chi connectivity index (χ1) is 8.45. The Bertz CT molecular complexity index is 376. The maximum absolute atomic E-state index is 4.34. The second-order valence-corrected chi connectivity index (χ2v) is 5.39. The van der Waals surface area contributed by atoms with Crippen molar-refractivity contribution in [2.75, 3.05) is 20.6 Å². The van der Waals surface area contributed by atoms with E-state index in [1.165, 1.54) is 11.1 Å². The number of nitrogens with zero attached hydrogens (tertiary/aromatic N) is 2. The molecular weight excluding hydrogens is 222 g/mol. The van der Waals surface area contributed by atoms with Crippen molar-refractivity contribution in [1.29, 1.82) is 0 Å². The van der Waals surface area contributed by atoms with Gasteiger partial charge in [0, 0.05) is 17.9 Å². The molecule has 18 heavy (non-hydrogen) atoms. The standard InChI is InChI=1S/C15H27N3/c1-7-15(4,18(5)6)14(17-8-2)13-9-12(3)10-16-11-13/h9-11,14,17H,7-8H2,1-6H3. The highest BCUT2D eigenvalue weighted by Gasteiger charge is 2.35. The second-order valence-electron chi connectivity index (χ2n) is 5.39. The van der Waals surface area contributed by atoms with Gasteiger partial charge in [-0.1, -0.05) is 19.9 Å². The zero-order valence-corrected chi connectivity index (χ0v) is 12.6. The van der Waals surface area contributed by atoms with E-state index < -0.39 is 0 Å². The Morgan fingerprint density at radius 3 is 2.44 bits per heavy atom. The van der Waals surface area contributed by atoms with Crippen LogP contribution in [0, 0.1) is 6.92 Å². The van der Waals surface area contributed by atoms with E-state index in [1.807, 2.05) is 12.4 Å². The molecule has 0 spiro atoms. The number of rotatable bonds is 6. The molecule has 0 fully saturated rings. The highest BCUT2D eigenvalue weighted by molar-refractivity contribution is 5.23. The van der Waals surface area contributed by atoms with Gasteiger partial charge < -0.3 is 10.2 Å². The predicted molar refractivity (Wildman–Crippen MR) is 77.8 cm³/mol.